The lowest BCUT2D eigenvalue weighted by Gasteiger charge is -2.29. The van der Waals surface area contributed by atoms with Crippen LogP contribution in [-0.2, 0) is 13.8 Å². The van der Waals surface area contributed by atoms with E-state index in [4.69, 9.17) is 15.0 Å². The number of aromatic nitrogens is 4. The Labute approximate surface area is 143 Å². The minimum atomic E-state index is -3.75. The van der Waals surface area contributed by atoms with Crippen LogP contribution in [0.15, 0.2) is 18.2 Å². The van der Waals surface area contributed by atoms with Crippen LogP contribution in [0.1, 0.15) is 6.42 Å². The monoisotopic (exact) mass is 366 g/mol. The van der Waals surface area contributed by atoms with E-state index in [0.29, 0.717) is 43.3 Å². The first-order valence-corrected chi connectivity index (χ1v) is 9.52. The molecule has 1 saturated heterocycles. The van der Waals surface area contributed by atoms with Gasteiger partial charge >= 0.3 is 7.75 Å². The smallest absolute Gasteiger partial charge is 0.382 e. The predicted molar refractivity (Wildman–Crippen MR) is 90.3 cm³/mol. The third kappa shape index (κ3) is 3.44. The third-order valence-electron chi connectivity index (χ3n) is 4.33. The van der Waals surface area contributed by atoms with Gasteiger partial charge in [-0.15, -0.1) is 0 Å². The van der Waals surface area contributed by atoms with E-state index in [9.17, 15) is 9.46 Å². The van der Waals surface area contributed by atoms with Crippen LogP contribution in [0, 0.1) is 5.92 Å². The molecule has 2 atom stereocenters. The van der Waals surface area contributed by atoms with Gasteiger partial charge in [-0.25, -0.2) is 24.2 Å². The van der Waals surface area contributed by atoms with Crippen LogP contribution in [0.5, 0.6) is 0 Å². The van der Waals surface area contributed by atoms with E-state index in [-0.39, 0.29) is 12.5 Å². The zero-order chi connectivity index (χ0) is 17.4. The Morgan fingerprint density at radius 1 is 1.40 bits per heavy atom. The van der Waals surface area contributed by atoms with Gasteiger partial charge in [-0.3, -0.25) is 9.09 Å². The molecule has 0 spiro atoms. The van der Waals surface area contributed by atoms with Crippen LogP contribution in [-0.4, -0.2) is 62.0 Å². The Bertz CT molecular complexity index is 862. The van der Waals surface area contributed by atoms with Crippen LogP contribution in [0.3, 0.4) is 0 Å². The predicted octanol–water partition coefficient (Wildman–Crippen LogP) is 0.718. The first-order chi connectivity index (χ1) is 12.0. The average Bonchev–Trinajstić information content (AvgIpc) is 3.23. The van der Waals surface area contributed by atoms with Crippen molar-refractivity contribution in [2.45, 2.75) is 6.42 Å². The lowest BCUT2D eigenvalue weighted by atomic mass is 10.4. The van der Waals surface area contributed by atoms with Gasteiger partial charge in [0, 0.05) is 25.2 Å². The largest absolute Gasteiger partial charge is 0.405 e. The maximum Gasteiger partial charge on any atom is 0.405 e. The molecule has 1 saturated carbocycles. The average molecular weight is 366 g/mol. The number of hydrogen-bond donors (Lipinski definition) is 2. The zero-order valence-electron chi connectivity index (χ0n) is 13.5. The van der Waals surface area contributed by atoms with E-state index >= 15 is 0 Å². The molecule has 4 rings (SSSR count). The van der Waals surface area contributed by atoms with Crippen molar-refractivity contribution in [1.29, 1.82) is 0 Å². The SMILES string of the molecule is Nc1ncnc2c1ncn2/C=C1/CC1COP(=O)(O)N1CCOCC1. The van der Waals surface area contributed by atoms with Crippen molar-refractivity contribution in [2.75, 3.05) is 38.6 Å². The van der Waals surface area contributed by atoms with Gasteiger partial charge in [0.05, 0.1) is 19.8 Å². The molecular formula is C14H19N6O4P. The van der Waals surface area contributed by atoms with Crippen molar-refractivity contribution < 1.29 is 18.7 Å². The van der Waals surface area contributed by atoms with Gasteiger partial charge in [0.2, 0.25) is 0 Å². The molecule has 2 aliphatic rings. The van der Waals surface area contributed by atoms with E-state index in [1.807, 2.05) is 6.20 Å². The van der Waals surface area contributed by atoms with Crippen molar-refractivity contribution in [2.24, 2.45) is 5.92 Å². The maximum absolute atomic E-state index is 12.3. The molecule has 2 unspecified atom stereocenters. The fourth-order valence-electron chi connectivity index (χ4n) is 2.77. The van der Waals surface area contributed by atoms with Gasteiger partial charge in [0.25, 0.3) is 0 Å². The van der Waals surface area contributed by atoms with Crippen LogP contribution in [0.25, 0.3) is 17.4 Å². The molecule has 1 aliphatic carbocycles. The first-order valence-electron chi connectivity index (χ1n) is 7.99. The molecule has 3 heterocycles. The Hall–Kier alpha value is -1.84. The molecule has 25 heavy (non-hydrogen) atoms. The number of morpholine rings is 1. The maximum atomic E-state index is 12.3. The topological polar surface area (TPSA) is 129 Å². The fourth-order valence-corrected chi connectivity index (χ4v) is 3.97. The molecule has 0 aromatic carbocycles. The number of nitrogens with two attached hydrogens (primary N) is 1. The molecule has 10 nitrogen and oxygen atoms in total. The van der Waals surface area contributed by atoms with Gasteiger partial charge in [0.1, 0.15) is 12.7 Å². The van der Waals surface area contributed by atoms with Crippen molar-refractivity contribution in [3.05, 3.63) is 18.2 Å². The van der Waals surface area contributed by atoms with Crippen molar-refractivity contribution in [3.63, 3.8) is 0 Å². The number of anilines is 1. The molecule has 0 amide bonds. The van der Waals surface area contributed by atoms with Gasteiger partial charge < -0.3 is 15.4 Å². The second kappa shape index (κ2) is 6.47. The van der Waals surface area contributed by atoms with E-state index in [0.717, 1.165) is 12.0 Å². The fraction of sp³-hybridized carbons (Fsp3) is 0.500. The summed E-state index contributed by atoms with van der Waals surface area (Å²) in [6.45, 7) is 1.91. The Kier molecular flexibility index (Phi) is 4.30. The normalized spacial score (nSPS) is 25.3. The van der Waals surface area contributed by atoms with E-state index < -0.39 is 7.75 Å². The molecule has 2 aromatic rings. The van der Waals surface area contributed by atoms with E-state index in [1.165, 1.54) is 11.0 Å². The van der Waals surface area contributed by atoms with Crippen molar-refractivity contribution in [3.8, 4) is 0 Å². The summed E-state index contributed by atoms with van der Waals surface area (Å²) in [6.07, 6.45) is 5.74. The highest BCUT2D eigenvalue weighted by Gasteiger charge is 2.36. The number of nitrogen functional groups attached to an aromatic ring is 1. The van der Waals surface area contributed by atoms with Gasteiger partial charge in [0.15, 0.2) is 17.0 Å². The Morgan fingerprint density at radius 2 is 2.20 bits per heavy atom. The van der Waals surface area contributed by atoms with Crippen LogP contribution in [0.2, 0.25) is 0 Å². The van der Waals surface area contributed by atoms with E-state index in [2.05, 4.69) is 15.0 Å². The standard InChI is InChI=1S/C14H19N6O4P/c15-13-12-14(17-8-16-13)19(9-18-12)6-10-5-11(10)7-24-25(21,22)20-1-3-23-4-2-20/h6,8-9,11H,1-5,7H2,(H,21,22)(H2,15,16,17)/b10-6-. The summed E-state index contributed by atoms with van der Waals surface area (Å²) in [7, 11) is -3.75. The molecule has 2 aromatic heterocycles. The van der Waals surface area contributed by atoms with Crippen LogP contribution < -0.4 is 5.73 Å². The Balaban J connectivity index is 1.39. The lowest BCUT2D eigenvalue weighted by Crippen LogP contribution is -2.34. The summed E-state index contributed by atoms with van der Waals surface area (Å²) in [5, 5.41) is 0. The molecule has 134 valence electrons. The highest BCUT2D eigenvalue weighted by atomic mass is 31.2. The second-order valence-electron chi connectivity index (χ2n) is 6.04. The lowest BCUT2D eigenvalue weighted by molar-refractivity contribution is 0.0555. The number of imidazole rings is 1. The molecule has 3 N–H and O–H groups in total. The number of hydrogen-bond acceptors (Lipinski definition) is 7. The molecular weight excluding hydrogens is 347 g/mol. The summed E-state index contributed by atoms with van der Waals surface area (Å²) in [4.78, 5) is 22.4. The zero-order valence-corrected chi connectivity index (χ0v) is 14.4. The summed E-state index contributed by atoms with van der Waals surface area (Å²) in [5.41, 5.74) is 8.07. The third-order valence-corrected chi connectivity index (χ3v) is 5.93. The number of fused-ring (bicyclic) bond motifs is 1. The van der Waals surface area contributed by atoms with E-state index in [1.54, 1.807) is 10.9 Å². The van der Waals surface area contributed by atoms with Gasteiger partial charge in [-0.1, -0.05) is 0 Å². The Morgan fingerprint density at radius 3 is 3.00 bits per heavy atom. The highest BCUT2D eigenvalue weighted by molar-refractivity contribution is 7.50. The highest BCUT2D eigenvalue weighted by Crippen LogP contribution is 2.49. The second-order valence-corrected chi connectivity index (χ2v) is 7.85. The van der Waals surface area contributed by atoms with Crippen LogP contribution >= 0.6 is 7.75 Å². The van der Waals surface area contributed by atoms with Crippen molar-refractivity contribution in [1.82, 2.24) is 24.2 Å². The van der Waals surface area contributed by atoms with Gasteiger partial charge in [-0.2, -0.15) is 0 Å². The summed E-state index contributed by atoms with van der Waals surface area (Å²) < 4.78 is 26.0. The molecule has 0 radical (unpaired) electrons. The summed E-state index contributed by atoms with van der Waals surface area (Å²) >= 11 is 0. The van der Waals surface area contributed by atoms with Gasteiger partial charge in [-0.05, 0) is 12.0 Å². The minimum Gasteiger partial charge on any atom is -0.382 e. The molecule has 2 fully saturated rings. The summed E-state index contributed by atoms with van der Waals surface area (Å²) in [6, 6.07) is 0. The summed E-state index contributed by atoms with van der Waals surface area (Å²) in [5.74, 6) is 0.461. The number of nitrogens with zero attached hydrogens (tertiary/aromatic N) is 5. The number of rotatable bonds is 5. The molecule has 0 bridgehead atoms. The quantitative estimate of drug-likeness (QED) is 0.735. The van der Waals surface area contributed by atoms with Crippen molar-refractivity contribution >= 4 is 30.9 Å². The molecule has 1 aliphatic heterocycles. The van der Waals surface area contributed by atoms with Crippen LogP contribution in [0.4, 0.5) is 5.82 Å². The number of ether oxygens (including phenoxy) is 1. The first kappa shape index (κ1) is 16.6. The molecule has 11 heteroatoms. The minimum absolute atomic E-state index is 0.123.